The number of nitrogens with zero attached hydrogens (tertiary/aromatic N) is 3. The minimum Gasteiger partial charge on any atom is -0.484 e. The van der Waals surface area contributed by atoms with Crippen LogP contribution in [0.5, 0.6) is 5.75 Å². The molecule has 0 saturated carbocycles. The number of piperidine rings is 1. The average Bonchev–Trinajstić information content (AvgIpc) is 2.68. The molecule has 0 atom stereocenters. The van der Waals surface area contributed by atoms with Gasteiger partial charge in [0.2, 0.25) is 5.91 Å². The zero-order valence-corrected chi connectivity index (χ0v) is 15.7. The molecule has 0 radical (unpaired) electrons. The average molecular weight is 359 g/mol. The third-order valence-electron chi connectivity index (χ3n) is 5.24. The molecule has 0 aromatic heterocycles. The van der Waals surface area contributed by atoms with Gasteiger partial charge >= 0.3 is 0 Å². The first kappa shape index (κ1) is 18.7. The maximum atomic E-state index is 12.4. The molecule has 3 rings (SSSR count). The summed E-state index contributed by atoms with van der Waals surface area (Å²) in [5.74, 6) is 0.995. The van der Waals surface area contributed by atoms with Crippen molar-refractivity contribution in [2.24, 2.45) is 0 Å². The maximum Gasteiger partial charge on any atom is 0.260 e. The van der Waals surface area contributed by atoms with Gasteiger partial charge in [0.05, 0.1) is 6.54 Å². The highest BCUT2D eigenvalue weighted by Gasteiger charge is 2.25. The van der Waals surface area contributed by atoms with Gasteiger partial charge in [-0.15, -0.1) is 0 Å². The van der Waals surface area contributed by atoms with Crippen LogP contribution >= 0.6 is 0 Å². The minimum atomic E-state index is 0.00950. The Hall–Kier alpha value is -2.08. The van der Waals surface area contributed by atoms with Crippen molar-refractivity contribution in [2.45, 2.75) is 26.2 Å². The fourth-order valence-electron chi connectivity index (χ4n) is 3.54. The van der Waals surface area contributed by atoms with Crippen LogP contribution in [-0.4, -0.2) is 78.9 Å². The van der Waals surface area contributed by atoms with E-state index in [9.17, 15) is 9.59 Å². The molecular formula is C20H29N3O3. The lowest BCUT2D eigenvalue weighted by atomic mass is 10.1. The topological polar surface area (TPSA) is 53.1 Å². The molecule has 2 aliphatic heterocycles. The lowest BCUT2D eigenvalue weighted by Crippen LogP contribution is -2.52. The predicted molar refractivity (Wildman–Crippen MR) is 100 cm³/mol. The predicted octanol–water partition coefficient (Wildman–Crippen LogP) is 1.53. The van der Waals surface area contributed by atoms with Crippen LogP contribution in [0.15, 0.2) is 24.3 Å². The number of amides is 2. The van der Waals surface area contributed by atoms with Crippen LogP contribution in [0.25, 0.3) is 0 Å². The van der Waals surface area contributed by atoms with Crippen LogP contribution in [0.2, 0.25) is 0 Å². The zero-order chi connectivity index (χ0) is 18.4. The van der Waals surface area contributed by atoms with Crippen LogP contribution < -0.4 is 4.74 Å². The fraction of sp³-hybridized carbons (Fsp3) is 0.600. The largest absolute Gasteiger partial charge is 0.484 e. The van der Waals surface area contributed by atoms with E-state index in [1.807, 2.05) is 41.0 Å². The van der Waals surface area contributed by atoms with Crippen molar-refractivity contribution < 1.29 is 14.3 Å². The molecule has 2 amide bonds. The second-order valence-corrected chi connectivity index (χ2v) is 7.15. The van der Waals surface area contributed by atoms with Crippen molar-refractivity contribution >= 4 is 11.8 Å². The highest BCUT2D eigenvalue weighted by Crippen LogP contribution is 2.16. The van der Waals surface area contributed by atoms with Crippen molar-refractivity contribution in [1.82, 2.24) is 14.7 Å². The highest BCUT2D eigenvalue weighted by molar-refractivity contribution is 5.79. The Balaban J connectivity index is 1.39. The highest BCUT2D eigenvalue weighted by atomic mass is 16.5. The van der Waals surface area contributed by atoms with Gasteiger partial charge in [0.25, 0.3) is 5.91 Å². The molecule has 0 aliphatic carbocycles. The summed E-state index contributed by atoms with van der Waals surface area (Å²) in [4.78, 5) is 30.7. The maximum absolute atomic E-state index is 12.4. The number of carbonyl (C=O) groups is 2. The van der Waals surface area contributed by atoms with Crippen molar-refractivity contribution in [1.29, 1.82) is 0 Å². The fourth-order valence-corrected chi connectivity index (χ4v) is 3.54. The second-order valence-electron chi connectivity index (χ2n) is 7.15. The van der Waals surface area contributed by atoms with E-state index in [1.165, 1.54) is 6.42 Å². The third-order valence-corrected chi connectivity index (χ3v) is 5.24. The van der Waals surface area contributed by atoms with Gasteiger partial charge in [-0.3, -0.25) is 14.5 Å². The lowest BCUT2D eigenvalue weighted by molar-refractivity contribution is -0.136. The van der Waals surface area contributed by atoms with Gasteiger partial charge in [-0.2, -0.15) is 0 Å². The number of carbonyl (C=O) groups excluding carboxylic acids is 2. The number of para-hydroxylation sites is 1. The van der Waals surface area contributed by atoms with Crippen molar-refractivity contribution in [2.75, 3.05) is 52.4 Å². The molecule has 142 valence electrons. The summed E-state index contributed by atoms with van der Waals surface area (Å²) in [7, 11) is 0. The van der Waals surface area contributed by atoms with Gasteiger partial charge in [-0.05, 0) is 37.8 Å². The van der Waals surface area contributed by atoms with Crippen molar-refractivity contribution in [3.8, 4) is 5.75 Å². The molecule has 2 aliphatic rings. The molecule has 2 heterocycles. The standard InChI is InChI=1S/C20H29N3O3/c1-17-7-3-4-8-18(17)26-16-20(25)23-13-11-21(12-14-23)15-19(24)22-9-5-2-6-10-22/h3-4,7-8H,2,5-6,9-16H2,1H3. The van der Waals surface area contributed by atoms with Gasteiger partial charge in [-0.1, -0.05) is 18.2 Å². The smallest absolute Gasteiger partial charge is 0.260 e. The third kappa shape index (κ3) is 4.97. The van der Waals surface area contributed by atoms with Gasteiger partial charge in [0.1, 0.15) is 5.75 Å². The van der Waals surface area contributed by atoms with Gasteiger partial charge in [0.15, 0.2) is 6.61 Å². The monoisotopic (exact) mass is 359 g/mol. The SMILES string of the molecule is Cc1ccccc1OCC(=O)N1CCN(CC(=O)N2CCCCC2)CC1. The van der Waals surface area contributed by atoms with E-state index in [1.54, 1.807) is 0 Å². The van der Waals surface area contributed by atoms with Crippen LogP contribution in [-0.2, 0) is 9.59 Å². The summed E-state index contributed by atoms with van der Waals surface area (Å²) in [6.07, 6.45) is 3.47. The van der Waals surface area contributed by atoms with Gasteiger partial charge < -0.3 is 14.5 Å². The zero-order valence-electron chi connectivity index (χ0n) is 15.7. The number of aryl methyl sites for hydroxylation is 1. The van der Waals surface area contributed by atoms with Crippen molar-refractivity contribution in [3.63, 3.8) is 0 Å². The molecule has 6 heteroatoms. The molecule has 0 bridgehead atoms. The number of likely N-dealkylation sites (tertiary alicyclic amines) is 1. The van der Waals surface area contributed by atoms with Gasteiger partial charge in [-0.25, -0.2) is 0 Å². The van der Waals surface area contributed by atoms with E-state index < -0.39 is 0 Å². The quantitative estimate of drug-likeness (QED) is 0.800. The Bertz CT molecular complexity index is 620. The number of benzene rings is 1. The van der Waals surface area contributed by atoms with E-state index in [2.05, 4.69) is 4.90 Å². The number of piperazine rings is 1. The van der Waals surface area contributed by atoms with Crippen LogP contribution in [0.1, 0.15) is 24.8 Å². The normalized spacial score (nSPS) is 18.7. The number of rotatable bonds is 5. The molecule has 2 saturated heterocycles. The molecule has 0 spiro atoms. The molecule has 1 aromatic carbocycles. The first-order valence-electron chi connectivity index (χ1n) is 9.60. The minimum absolute atomic E-state index is 0.00950. The van der Waals surface area contributed by atoms with E-state index in [0.29, 0.717) is 19.6 Å². The molecule has 0 unspecified atom stereocenters. The first-order chi connectivity index (χ1) is 12.6. The summed E-state index contributed by atoms with van der Waals surface area (Å²) in [5, 5.41) is 0. The Morgan fingerprint density at radius 3 is 2.23 bits per heavy atom. The Morgan fingerprint density at radius 1 is 0.885 bits per heavy atom. The second kappa shape index (κ2) is 9.03. The Labute approximate surface area is 155 Å². The number of ether oxygens (including phenoxy) is 1. The Morgan fingerprint density at radius 2 is 1.54 bits per heavy atom. The van der Waals surface area contributed by atoms with E-state index >= 15 is 0 Å². The molecule has 0 N–H and O–H groups in total. The van der Waals surface area contributed by atoms with Crippen LogP contribution in [0.4, 0.5) is 0 Å². The van der Waals surface area contributed by atoms with E-state index in [0.717, 1.165) is 50.3 Å². The Kier molecular flexibility index (Phi) is 6.50. The number of hydrogen-bond donors (Lipinski definition) is 0. The molecular weight excluding hydrogens is 330 g/mol. The molecule has 26 heavy (non-hydrogen) atoms. The van der Waals surface area contributed by atoms with E-state index in [-0.39, 0.29) is 18.4 Å². The summed E-state index contributed by atoms with van der Waals surface area (Å²) in [6.45, 7) is 7.11. The molecule has 1 aromatic rings. The van der Waals surface area contributed by atoms with E-state index in [4.69, 9.17) is 4.74 Å². The van der Waals surface area contributed by atoms with Crippen molar-refractivity contribution in [3.05, 3.63) is 29.8 Å². The van der Waals surface area contributed by atoms with Gasteiger partial charge in [0, 0.05) is 39.3 Å². The number of hydrogen-bond acceptors (Lipinski definition) is 4. The lowest BCUT2D eigenvalue weighted by Gasteiger charge is -2.36. The van der Waals surface area contributed by atoms with Crippen LogP contribution in [0, 0.1) is 6.92 Å². The summed E-state index contributed by atoms with van der Waals surface area (Å²) in [6, 6.07) is 7.71. The summed E-state index contributed by atoms with van der Waals surface area (Å²) in [5.41, 5.74) is 1.03. The summed E-state index contributed by atoms with van der Waals surface area (Å²) < 4.78 is 5.66. The molecule has 2 fully saturated rings. The van der Waals surface area contributed by atoms with Crippen LogP contribution in [0.3, 0.4) is 0 Å². The molecule has 6 nitrogen and oxygen atoms in total. The summed E-state index contributed by atoms with van der Waals surface area (Å²) >= 11 is 0. The first-order valence-corrected chi connectivity index (χ1v) is 9.60.